The molecule has 5 rings (SSSR count). The molecule has 0 atom stereocenters. The third kappa shape index (κ3) is 19.6. The van der Waals surface area contributed by atoms with Crippen LogP contribution < -0.4 is 18.9 Å². The highest BCUT2D eigenvalue weighted by Gasteiger charge is 2.26. The largest absolute Gasteiger partial charge is 0.493 e. The summed E-state index contributed by atoms with van der Waals surface area (Å²) in [6, 6.07) is 15.5. The van der Waals surface area contributed by atoms with Crippen LogP contribution in [0.1, 0.15) is 146 Å². The maximum absolute atomic E-state index is 13.1. The van der Waals surface area contributed by atoms with Gasteiger partial charge in [-0.2, -0.15) is 0 Å². The maximum atomic E-state index is 13.1. The number of ether oxygens (including phenoxy) is 10. The minimum absolute atomic E-state index is 0.0857. The molecule has 0 saturated carbocycles. The van der Waals surface area contributed by atoms with Crippen LogP contribution in [0.4, 0.5) is 0 Å². The van der Waals surface area contributed by atoms with Crippen LogP contribution in [-0.4, -0.2) is 76.5 Å². The van der Waals surface area contributed by atoms with Crippen molar-refractivity contribution < 1.29 is 76.1 Å². The van der Waals surface area contributed by atoms with Gasteiger partial charge in [-0.25, -0.2) is 28.8 Å². The molecule has 428 valence electrons. The molecule has 80 heavy (non-hydrogen) atoms. The second-order valence-corrected chi connectivity index (χ2v) is 19.0. The molecule has 0 heterocycles. The smallest absolute Gasteiger partial charge is 0.331 e. The number of unbranched alkanes of at least 4 members (excludes halogenated alkanes) is 4. The quantitative estimate of drug-likeness (QED) is 0.0182. The van der Waals surface area contributed by atoms with E-state index in [0.29, 0.717) is 82.8 Å². The number of fused-ring (bicyclic) bond motifs is 8. The number of hydrogen-bond acceptors (Lipinski definition) is 16. The van der Waals surface area contributed by atoms with Crippen molar-refractivity contribution >= 4 is 35.8 Å². The third-order valence-corrected chi connectivity index (χ3v) is 12.7. The molecule has 0 saturated heterocycles. The fourth-order valence-electron chi connectivity index (χ4n) is 8.77. The second-order valence-electron chi connectivity index (χ2n) is 19.0. The van der Waals surface area contributed by atoms with E-state index in [1.165, 1.54) is 14.2 Å². The molecule has 0 amide bonds. The van der Waals surface area contributed by atoms with Crippen molar-refractivity contribution in [1.82, 2.24) is 0 Å². The predicted molar refractivity (Wildman–Crippen MR) is 300 cm³/mol. The van der Waals surface area contributed by atoms with E-state index >= 15 is 0 Å². The van der Waals surface area contributed by atoms with E-state index in [1.54, 1.807) is 0 Å². The van der Waals surface area contributed by atoms with E-state index in [2.05, 4.69) is 50.3 Å². The van der Waals surface area contributed by atoms with E-state index in [9.17, 15) is 28.8 Å². The van der Waals surface area contributed by atoms with Crippen LogP contribution in [0.5, 0.6) is 23.0 Å². The summed E-state index contributed by atoms with van der Waals surface area (Å²) in [6.07, 6.45) is 13.5. The summed E-state index contributed by atoms with van der Waals surface area (Å²) in [4.78, 5) is 75.4. The predicted octanol–water partition coefficient (Wildman–Crippen LogP) is 11.1. The monoisotopic (exact) mass is 1100 g/mol. The second kappa shape index (κ2) is 33.3. The van der Waals surface area contributed by atoms with E-state index < -0.39 is 35.8 Å². The van der Waals surface area contributed by atoms with Gasteiger partial charge in [-0.1, -0.05) is 66.5 Å². The Morgan fingerprint density at radius 1 is 0.362 bits per heavy atom. The zero-order valence-electron chi connectivity index (χ0n) is 47.2. The Kier molecular flexibility index (Phi) is 26.1. The Morgan fingerprint density at radius 3 is 0.775 bits per heavy atom. The molecule has 0 spiro atoms. The molecule has 1 aliphatic carbocycles. The van der Waals surface area contributed by atoms with Crippen LogP contribution in [-0.2, 0) is 109 Å². The van der Waals surface area contributed by atoms with E-state index in [4.69, 9.17) is 37.9 Å². The zero-order chi connectivity index (χ0) is 57.8. The first-order valence-corrected chi connectivity index (χ1v) is 27.3. The van der Waals surface area contributed by atoms with Crippen molar-refractivity contribution in [2.75, 3.05) is 40.6 Å². The first-order valence-electron chi connectivity index (χ1n) is 27.3. The summed E-state index contributed by atoms with van der Waals surface area (Å²) in [6.45, 7) is 16.5. The fourth-order valence-corrected chi connectivity index (χ4v) is 8.77. The Labute approximate surface area is 470 Å². The summed E-state index contributed by atoms with van der Waals surface area (Å²) in [5.74, 6) is -1.78. The standard InChI is InChI=1S/C64H76O16/c1-9-15-23-73-61-47-27-43(39-77-55(65)13-5)29-49(61)36-51-31-45(41-79-59(69)21-19-57(67)71-7)33-53(63(51)75-25-17-11-3)38-54-34-46(42-80-60(70)22-20-58(68)72-8)32-52(64(54)76-26-18-12-4)37-50-30-44(40-78-56(66)14-6)28-48(35-47)62(50)74-24-16-10-2/h13-14,19-22,27-34H,5-6,9-12,15-18,23-26,35-42H2,1-4,7-8H3/b21-19-,22-20-. The molecule has 4 aromatic carbocycles. The van der Waals surface area contributed by atoms with Crippen molar-refractivity contribution in [2.24, 2.45) is 0 Å². The van der Waals surface area contributed by atoms with Gasteiger partial charge in [-0.15, -0.1) is 0 Å². The molecule has 8 bridgehead atoms. The Balaban J connectivity index is 1.95. The summed E-state index contributed by atoms with van der Waals surface area (Å²) >= 11 is 0. The Morgan fingerprint density at radius 2 is 0.575 bits per heavy atom. The summed E-state index contributed by atoms with van der Waals surface area (Å²) in [5.41, 5.74) is 8.44. The fraction of sp³-hybridized carbons (Fsp3) is 0.406. The minimum Gasteiger partial charge on any atom is -0.493 e. The van der Waals surface area contributed by atoms with Crippen molar-refractivity contribution in [2.45, 2.75) is 131 Å². The number of rotatable bonds is 30. The van der Waals surface area contributed by atoms with Crippen LogP contribution in [0.15, 0.2) is 98.1 Å². The van der Waals surface area contributed by atoms with E-state index in [-0.39, 0.29) is 52.1 Å². The first kappa shape index (κ1) is 62.7. The maximum Gasteiger partial charge on any atom is 0.331 e. The van der Waals surface area contributed by atoms with Crippen LogP contribution >= 0.6 is 0 Å². The van der Waals surface area contributed by atoms with Crippen molar-refractivity contribution in [1.29, 1.82) is 0 Å². The highest BCUT2D eigenvalue weighted by Crippen LogP contribution is 2.41. The molecule has 0 aliphatic heterocycles. The van der Waals surface area contributed by atoms with Gasteiger partial charge in [0.2, 0.25) is 0 Å². The molecule has 16 heteroatoms. The average Bonchev–Trinajstić information content (AvgIpc) is 3.55. The van der Waals surface area contributed by atoms with Crippen LogP contribution in [0.3, 0.4) is 0 Å². The SMILES string of the molecule is C=CC(=O)OCc1cc2c(OCCCC)c(c1)Cc1cc(COC(=O)/C=C\C(=O)OC)cc(c1OCCCC)Cc1cc(COC(=O)/C=C\C(=O)OC)cc(c1OCCCC)Cc1cc(COC(=O)C=C)cc(c1OCCCC)C2. The van der Waals surface area contributed by atoms with E-state index in [0.717, 1.165) is 121 Å². The summed E-state index contributed by atoms with van der Waals surface area (Å²) in [7, 11) is 2.42. The molecule has 4 aromatic rings. The van der Waals surface area contributed by atoms with Gasteiger partial charge in [0.05, 0.1) is 40.6 Å². The van der Waals surface area contributed by atoms with Crippen molar-refractivity contribution in [3.63, 3.8) is 0 Å². The summed E-state index contributed by atoms with van der Waals surface area (Å²) in [5, 5.41) is 0. The van der Waals surface area contributed by atoms with Crippen molar-refractivity contribution in [3.05, 3.63) is 165 Å². The molecule has 0 aromatic heterocycles. The van der Waals surface area contributed by atoms with Gasteiger partial charge >= 0.3 is 35.8 Å². The number of esters is 6. The van der Waals surface area contributed by atoms with Crippen LogP contribution in [0, 0.1) is 0 Å². The van der Waals surface area contributed by atoms with Gasteiger partial charge in [-0.05, 0) is 141 Å². The first-order chi connectivity index (χ1) is 38.8. The highest BCUT2D eigenvalue weighted by atomic mass is 16.6. The number of carbonyl (C=O) groups is 6. The lowest BCUT2D eigenvalue weighted by Crippen LogP contribution is -2.13. The normalized spacial score (nSPS) is 11.8. The highest BCUT2D eigenvalue weighted by molar-refractivity contribution is 5.92. The van der Waals surface area contributed by atoms with Gasteiger partial charge in [0.1, 0.15) is 49.4 Å². The van der Waals surface area contributed by atoms with Gasteiger partial charge in [0, 0.05) is 62.1 Å². The average molecular weight is 1100 g/mol. The summed E-state index contributed by atoms with van der Waals surface area (Å²) < 4.78 is 59.7. The number of methoxy groups -OCH3 is 2. The molecular weight excluding hydrogens is 1020 g/mol. The van der Waals surface area contributed by atoms with Crippen LogP contribution in [0.25, 0.3) is 0 Å². The van der Waals surface area contributed by atoms with Gasteiger partial charge in [0.25, 0.3) is 0 Å². The molecule has 0 radical (unpaired) electrons. The molecule has 1 aliphatic rings. The lowest BCUT2D eigenvalue weighted by molar-refractivity contribution is -0.140. The molecule has 0 N–H and O–H groups in total. The van der Waals surface area contributed by atoms with Gasteiger partial charge in [-0.3, -0.25) is 0 Å². The molecule has 0 fully saturated rings. The third-order valence-electron chi connectivity index (χ3n) is 12.7. The minimum atomic E-state index is -0.766. The van der Waals surface area contributed by atoms with E-state index in [1.807, 2.05) is 48.5 Å². The lowest BCUT2D eigenvalue weighted by atomic mass is 9.88. The zero-order valence-corrected chi connectivity index (χ0v) is 47.2. The number of hydrogen-bond donors (Lipinski definition) is 0. The Hall–Kier alpha value is -8.14. The Bertz CT molecular complexity index is 2680. The number of benzene rings is 4. The van der Waals surface area contributed by atoms with Gasteiger partial charge in [0.15, 0.2) is 0 Å². The molecule has 16 nitrogen and oxygen atoms in total. The van der Waals surface area contributed by atoms with Gasteiger partial charge < -0.3 is 47.4 Å². The molecule has 0 unspecified atom stereocenters. The van der Waals surface area contributed by atoms with Crippen molar-refractivity contribution in [3.8, 4) is 23.0 Å². The van der Waals surface area contributed by atoms with Crippen LogP contribution in [0.2, 0.25) is 0 Å². The lowest BCUT2D eigenvalue weighted by Gasteiger charge is -2.25. The topological polar surface area (TPSA) is 195 Å². The number of carbonyl (C=O) groups excluding carboxylic acids is 6. The molecular formula is C64H76O16.